The van der Waals surface area contributed by atoms with Crippen LogP contribution >= 0.6 is 0 Å². The Balaban J connectivity index is 0.000000140. The van der Waals surface area contributed by atoms with Gasteiger partial charge in [-0.15, -0.1) is 0 Å². The van der Waals surface area contributed by atoms with Gasteiger partial charge in [0.25, 0.3) is 0 Å². The van der Waals surface area contributed by atoms with Crippen molar-refractivity contribution in [3.63, 3.8) is 0 Å². The third-order valence-corrected chi connectivity index (χ3v) is 2.16. The second-order valence-electron chi connectivity index (χ2n) is 3.63. The van der Waals surface area contributed by atoms with Crippen LogP contribution in [0.5, 0.6) is 0 Å². The Morgan fingerprint density at radius 3 is 2.00 bits per heavy atom. The molecule has 0 N–H and O–H groups in total. The van der Waals surface area contributed by atoms with E-state index in [1.54, 1.807) is 0 Å². The molecule has 1 aliphatic rings. The largest absolute Gasteiger partial charge is 0.0842 e. The van der Waals surface area contributed by atoms with Gasteiger partial charge in [0.05, 0.1) is 0 Å². The van der Waals surface area contributed by atoms with E-state index in [1.165, 1.54) is 24.0 Å². The van der Waals surface area contributed by atoms with Crippen molar-refractivity contribution in [3.05, 3.63) is 59.7 Å². The van der Waals surface area contributed by atoms with Crippen LogP contribution in [0.15, 0.2) is 54.1 Å². The molecule has 0 saturated heterocycles. The molecule has 14 heavy (non-hydrogen) atoms. The Hall–Kier alpha value is -1.30. The predicted molar refractivity (Wildman–Crippen MR) is 63.3 cm³/mol. The minimum Gasteiger partial charge on any atom is -0.0842 e. The highest BCUT2D eigenvalue weighted by Gasteiger charge is 1.88. The highest BCUT2D eigenvalue weighted by atomic mass is 13.9. The summed E-state index contributed by atoms with van der Waals surface area (Å²) in [6.07, 6.45) is 8.99. The van der Waals surface area contributed by atoms with Crippen LogP contribution in [-0.2, 0) is 0 Å². The molecule has 74 valence electrons. The minimum atomic E-state index is 1.24. The van der Waals surface area contributed by atoms with Gasteiger partial charge in [0.2, 0.25) is 0 Å². The van der Waals surface area contributed by atoms with E-state index >= 15 is 0 Å². The average molecular weight is 186 g/mol. The molecule has 1 aromatic carbocycles. The summed E-state index contributed by atoms with van der Waals surface area (Å²) in [7, 11) is 0. The normalized spacial score (nSPS) is 14.0. The number of allylic oxidation sites excluding steroid dienone is 4. The van der Waals surface area contributed by atoms with Gasteiger partial charge in [0, 0.05) is 0 Å². The zero-order valence-corrected chi connectivity index (χ0v) is 9.03. The molecular formula is C14H18. The van der Waals surface area contributed by atoms with Crippen molar-refractivity contribution >= 4 is 0 Å². The lowest BCUT2D eigenvalue weighted by molar-refractivity contribution is 0.962. The molecule has 1 aromatic rings. The highest BCUT2D eigenvalue weighted by Crippen LogP contribution is 2.08. The SMILES string of the molecule is CC1=CC=CCC1.Cc1ccccc1. The molecule has 0 unspecified atom stereocenters. The smallest absolute Gasteiger partial charge is 0.0285 e. The number of rotatable bonds is 0. The zero-order valence-electron chi connectivity index (χ0n) is 9.03. The first kappa shape index (κ1) is 10.8. The van der Waals surface area contributed by atoms with Crippen LogP contribution in [0.25, 0.3) is 0 Å². The monoisotopic (exact) mass is 186 g/mol. The summed E-state index contributed by atoms with van der Waals surface area (Å²) in [4.78, 5) is 0. The molecule has 0 radical (unpaired) electrons. The van der Waals surface area contributed by atoms with E-state index in [4.69, 9.17) is 0 Å². The predicted octanol–water partition coefficient (Wildman–Crippen LogP) is 4.28. The third kappa shape index (κ3) is 4.66. The van der Waals surface area contributed by atoms with Gasteiger partial charge in [-0.3, -0.25) is 0 Å². The average Bonchev–Trinajstić information content (AvgIpc) is 2.21. The van der Waals surface area contributed by atoms with Crippen molar-refractivity contribution in [2.45, 2.75) is 26.7 Å². The second kappa shape index (κ2) is 6.20. The van der Waals surface area contributed by atoms with Crippen LogP contribution in [0.3, 0.4) is 0 Å². The molecule has 0 aliphatic heterocycles. The Kier molecular flexibility index (Phi) is 4.77. The second-order valence-corrected chi connectivity index (χ2v) is 3.63. The summed E-state index contributed by atoms with van der Waals surface area (Å²) in [5.74, 6) is 0. The molecule has 0 nitrogen and oxygen atoms in total. The van der Waals surface area contributed by atoms with E-state index in [2.05, 4.69) is 44.2 Å². The van der Waals surface area contributed by atoms with Crippen LogP contribution in [0, 0.1) is 6.92 Å². The molecule has 0 fully saturated rings. The number of aryl methyl sites for hydroxylation is 1. The lowest BCUT2D eigenvalue weighted by Crippen LogP contribution is -1.78. The van der Waals surface area contributed by atoms with Gasteiger partial charge in [-0.05, 0) is 26.7 Å². The Bertz CT molecular complexity index is 304. The summed E-state index contributed by atoms with van der Waals surface area (Å²) in [5, 5.41) is 0. The number of hydrogen-bond acceptors (Lipinski definition) is 0. The summed E-state index contributed by atoms with van der Waals surface area (Å²) < 4.78 is 0. The minimum absolute atomic E-state index is 1.24. The first-order valence-electron chi connectivity index (χ1n) is 5.13. The van der Waals surface area contributed by atoms with Crippen molar-refractivity contribution in [3.8, 4) is 0 Å². The van der Waals surface area contributed by atoms with E-state index in [1.807, 2.05) is 18.2 Å². The molecule has 0 heteroatoms. The molecule has 0 atom stereocenters. The van der Waals surface area contributed by atoms with E-state index in [-0.39, 0.29) is 0 Å². The molecular weight excluding hydrogens is 168 g/mol. The topological polar surface area (TPSA) is 0 Å². The van der Waals surface area contributed by atoms with Crippen LogP contribution in [0.2, 0.25) is 0 Å². The van der Waals surface area contributed by atoms with E-state index < -0.39 is 0 Å². The molecule has 0 heterocycles. The fraction of sp³-hybridized carbons (Fsp3) is 0.286. The van der Waals surface area contributed by atoms with Crippen LogP contribution in [-0.4, -0.2) is 0 Å². The van der Waals surface area contributed by atoms with E-state index in [0.29, 0.717) is 0 Å². The molecule has 1 aliphatic carbocycles. The maximum atomic E-state index is 2.20. The Morgan fingerprint density at radius 2 is 1.71 bits per heavy atom. The first-order valence-corrected chi connectivity index (χ1v) is 5.13. The summed E-state index contributed by atoms with van der Waals surface area (Å²) in [6.45, 7) is 4.25. The van der Waals surface area contributed by atoms with Gasteiger partial charge in [0.15, 0.2) is 0 Å². The van der Waals surface area contributed by atoms with Crippen LogP contribution in [0.1, 0.15) is 25.3 Å². The fourth-order valence-electron chi connectivity index (χ4n) is 1.26. The van der Waals surface area contributed by atoms with Crippen molar-refractivity contribution in [2.24, 2.45) is 0 Å². The van der Waals surface area contributed by atoms with Gasteiger partial charge in [-0.2, -0.15) is 0 Å². The van der Waals surface area contributed by atoms with Gasteiger partial charge in [0.1, 0.15) is 0 Å². The first-order chi connectivity index (χ1) is 6.79. The number of hydrogen-bond donors (Lipinski definition) is 0. The highest BCUT2D eigenvalue weighted by molar-refractivity contribution is 5.15. The Labute approximate surface area is 87.0 Å². The van der Waals surface area contributed by atoms with Gasteiger partial charge >= 0.3 is 0 Å². The molecule has 0 amide bonds. The fourth-order valence-corrected chi connectivity index (χ4v) is 1.26. The van der Waals surface area contributed by atoms with E-state index in [9.17, 15) is 0 Å². The van der Waals surface area contributed by atoms with Crippen LogP contribution in [0.4, 0.5) is 0 Å². The lowest BCUT2D eigenvalue weighted by Gasteiger charge is -1.98. The third-order valence-electron chi connectivity index (χ3n) is 2.16. The Morgan fingerprint density at radius 1 is 1.00 bits per heavy atom. The maximum absolute atomic E-state index is 2.20. The lowest BCUT2D eigenvalue weighted by atomic mass is 10.1. The molecule has 0 spiro atoms. The summed E-state index contributed by atoms with van der Waals surface area (Å²) >= 11 is 0. The van der Waals surface area contributed by atoms with Crippen molar-refractivity contribution in [1.82, 2.24) is 0 Å². The van der Waals surface area contributed by atoms with Crippen molar-refractivity contribution in [2.75, 3.05) is 0 Å². The molecule has 0 saturated carbocycles. The van der Waals surface area contributed by atoms with Crippen LogP contribution < -0.4 is 0 Å². The maximum Gasteiger partial charge on any atom is -0.0285 e. The molecule has 0 bridgehead atoms. The van der Waals surface area contributed by atoms with Gasteiger partial charge < -0.3 is 0 Å². The molecule has 2 rings (SSSR count). The summed E-state index contributed by atoms with van der Waals surface area (Å²) in [6, 6.07) is 10.3. The zero-order chi connectivity index (χ0) is 10.2. The van der Waals surface area contributed by atoms with Crippen molar-refractivity contribution in [1.29, 1.82) is 0 Å². The standard InChI is InChI=1S/C7H10.C7H8/c2*1-7-5-3-2-4-6-7/h2-3,5H,4,6H2,1H3;2-6H,1H3. The summed E-state index contributed by atoms with van der Waals surface area (Å²) in [5.41, 5.74) is 2.82. The number of benzene rings is 1. The van der Waals surface area contributed by atoms with E-state index in [0.717, 1.165) is 0 Å². The van der Waals surface area contributed by atoms with Crippen molar-refractivity contribution < 1.29 is 0 Å². The quantitative estimate of drug-likeness (QED) is 0.567. The van der Waals surface area contributed by atoms with Gasteiger partial charge in [-0.25, -0.2) is 0 Å². The van der Waals surface area contributed by atoms with Gasteiger partial charge in [-0.1, -0.05) is 59.7 Å². The molecule has 0 aromatic heterocycles.